The number of likely N-dealkylation sites (tertiary alicyclic amines) is 1. The third-order valence-electron chi connectivity index (χ3n) is 5.83. The van der Waals surface area contributed by atoms with E-state index in [1.165, 1.54) is 24.3 Å². The average molecular weight is 436 g/mol. The maximum atomic E-state index is 13.0. The highest BCUT2D eigenvalue weighted by Crippen LogP contribution is 2.26. The summed E-state index contributed by atoms with van der Waals surface area (Å²) in [5.74, 6) is 0.536. The Kier molecular flexibility index (Phi) is 6.58. The number of carbonyl (C=O) groups is 2. The molecule has 1 N–H and O–H groups in total. The minimum Gasteiger partial charge on any atom is -0.342 e. The van der Waals surface area contributed by atoms with Crippen molar-refractivity contribution < 1.29 is 14.0 Å². The molecule has 1 aromatic carbocycles. The average Bonchev–Trinajstić information content (AvgIpc) is 3.23. The number of hydrogen-bond acceptors (Lipinski definition) is 4. The summed E-state index contributed by atoms with van der Waals surface area (Å²) in [7, 11) is 0. The third-order valence-corrected chi connectivity index (χ3v) is 5.83. The maximum absolute atomic E-state index is 13.0. The van der Waals surface area contributed by atoms with Gasteiger partial charge in [-0.1, -0.05) is 0 Å². The second-order valence-corrected chi connectivity index (χ2v) is 8.03. The Labute approximate surface area is 186 Å². The van der Waals surface area contributed by atoms with Gasteiger partial charge in [-0.25, -0.2) is 9.37 Å². The minimum atomic E-state index is -0.356. The van der Waals surface area contributed by atoms with Crippen LogP contribution in [-0.2, 0) is 11.3 Å². The van der Waals surface area contributed by atoms with E-state index in [2.05, 4.69) is 15.3 Å². The highest BCUT2D eigenvalue weighted by atomic mass is 19.1. The van der Waals surface area contributed by atoms with E-state index in [1.807, 2.05) is 28.7 Å². The molecule has 7 nitrogen and oxygen atoms in total. The van der Waals surface area contributed by atoms with Gasteiger partial charge in [-0.15, -0.1) is 0 Å². The molecule has 2 amide bonds. The normalized spacial score (nSPS) is 16.1. The smallest absolute Gasteiger partial charge is 0.257 e. The van der Waals surface area contributed by atoms with Crippen LogP contribution in [0.4, 0.5) is 10.1 Å². The summed E-state index contributed by atoms with van der Waals surface area (Å²) in [5.41, 5.74) is 1.83. The van der Waals surface area contributed by atoms with Crippen molar-refractivity contribution in [3.8, 4) is 0 Å². The molecule has 1 atom stereocenters. The Morgan fingerprint density at radius 1 is 1.16 bits per heavy atom. The Bertz CT molecular complexity index is 1080. The van der Waals surface area contributed by atoms with Gasteiger partial charge >= 0.3 is 0 Å². The summed E-state index contributed by atoms with van der Waals surface area (Å²) in [4.78, 5) is 35.7. The molecule has 166 valence electrons. The van der Waals surface area contributed by atoms with Crippen LogP contribution in [0.3, 0.4) is 0 Å². The van der Waals surface area contributed by atoms with Gasteiger partial charge < -0.3 is 14.8 Å². The van der Waals surface area contributed by atoms with Crippen molar-refractivity contribution in [1.29, 1.82) is 0 Å². The van der Waals surface area contributed by atoms with E-state index in [1.54, 1.807) is 18.5 Å². The fraction of sp³-hybridized carbons (Fsp3) is 0.333. The van der Waals surface area contributed by atoms with E-state index in [9.17, 15) is 14.0 Å². The van der Waals surface area contributed by atoms with Crippen LogP contribution in [-0.4, -0.2) is 44.3 Å². The molecule has 0 radical (unpaired) electrons. The number of carbonyl (C=O) groups excluding carboxylic acids is 2. The van der Waals surface area contributed by atoms with Crippen LogP contribution in [0.15, 0.2) is 55.0 Å². The topological polar surface area (TPSA) is 80.1 Å². The van der Waals surface area contributed by atoms with Crippen LogP contribution in [0.5, 0.6) is 0 Å². The van der Waals surface area contributed by atoms with Crippen molar-refractivity contribution in [3.05, 3.63) is 77.9 Å². The van der Waals surface area contributed by atoms with Crippen molar-refractivity contribution in [2.24, 2.45) is 0 Å². The number of halogens is 1. The van der Waals surface area contributed by atoms with Gasteiger partial charge in [-0.2, -0.15) is 0 Å². The number of anilines is 1. The number of benzene rings is 1. The number of pyridine rings is 1. The van der Waals surface area contributed by atoms with E-state index in [-0.39, 0.29) is 23.5 Å². The summed E-state index contributed by atoms with van der Waals surface area (Å²) in [5, 5.41) is 2.73. The monoisotopic (exact) mass is 435 g/mol. The lowest BCUT2D eigenvalue weighted by Gasteiger charge is -2.32. The number of imidazole rings is 1. The highest BCUT2D eigenvalue weighted by molar-refractivity contribution is 6.04. The summed E-state index contributed by atoms with van der Waals surface area (Å²) in [6.45, 7) is 3.95. The van der Waals surface area contributed by atoms with E-state index in [4.69, 9.17) is 0 Å². The molecule has 0 spiro atoms. The van der Waals surface area contributed by atoms with E-state index in [0.717, 1.165) is 30.9 Å². The Balaban J connectivity index is 1.33. The molecule has 32 heavy (non-hydrogen) atoms. The van der Waals surface area contributed by atoms with Crippen molar-refractivity contribution in [2.45, 2.75) is 38.6 Å². The second kappa shape index (κ2) is 9.72. The Morgan fingerprint density at radius 3 is 2.66 bits per heavy atom. The lowest BCUT2D eigenvalue weighted by molar-refractivity contribution is -0.132. The maximum Gasteiger partial charge on any atom is 0.257 e. The molecule has 2 aromatic heterocycles. The van der Waals surface area contributed by atoms with Crippen molar-refractivity contribution in [3.63, 3.8) is 0 Å². The molecule has 3 heterocycles. The number of aromatic nitrogens is 3. The standard InChI is InChI=1S/C24H26FN5O2/c1-17-26-11-14-29(17)13-10-23(31)30-12-2-3-19(16-30)22-9-4-18(15-27-22)24(32)28-21-7-5-20(25)6-8-21/h4-9,11,14-15,19H,2-3,10,12-13,16H2,1H3,(H,28,32)/t19-/m1/s1. The lowest BCUT2D eigenvalue weighted by atomic mass is 9.93. The minimum absolute atomic E-state index is 0.137. The van der Waals surface area contributed by atoms with Gasteiger partial charge in [-0.05, 0) is 56.2 Å². The molecule has 0 aliphatic carbocycles. The van der Waals surface area contributed by atoms with E-state index in [0.29, 0.717) is 30.8 Å². The van der Waals surface area contributed by atoms with Crippen LogP contribution < -0.4 is 5.32 Å². The number of hydrogen-bond donors (Lipinski definition) is 1. The van der Waals surface area contributed by atoms with Crippen LogP contribution in [0.1, 0.15) is 47.1 Å². The first-order chi connectivity index (χ1) is 15.5. The number of aryl methyl sites for hydroxylation is 2. The van der Waals surface area contributed by atoms with Crippen molar-refractivity contribution in [2.75, 3.05) is 18.4 Å². The summed E-state index contributed by atoms with van der Waals surface area (Å²) >= 11 is 0. The van der Waals surface area contributed by atoms with Gasteiger partial charge in [0.05, 0.1) is 5.56 Å². The summed E-state index contributed by atoms with van der Waals surface area (Å²) in [6.07, 6.45) is 7.51. The van der Waals surface area contributed by atoms with Crippen LogP contribution >= 0.6 is 0 Å². The molecule has 1 fully saturated rings. The predicted molar refractivity (Wildman–Crippen MR) is 119 cm³/mol. The lowest BCUT2D eigenvalue weighted by Crippen LogP contribution is -2.39. The van der Waals surface area contributed by atoms with Gasteiger partial charge in [-0.3, -0.25) is 14.6 Å². The molecule has 4 rings (SSSR count). The zero-order chi connectivity index (χ0) is 22.5. The third kappa shape index (κ3) is 5.19. The number of rotatable bonds is 6. The van der Waals surface area contributed by atoms with Crippen LogP contribution in [0, 0.1) is 12.7 Å². The fourth-order valence-electron chi connectivity index (χ4n) is 3.98. The van der Waals surface area contributed by atoms with Crippen LogP contribution in [0.2, 0.25) is 0 Å². The summed E-state index contributed by atoms with van der Waals surface area (Å²) in [6, 6.07) is 9.21. The van der Waals surface area contributed by atoms with Gasteiger partial charge in [0, 0.05) is 61.9 Å². The Hall–Kier alpha value is -3.55. The highest BCUT2D eigenvalue weighted by Gasteiger charge is 2.25. The first-order valence-corrected chi connectivity index (χ1v) is 10.8. The van der Waals surface area contributed by atoms with E-state index < -0.39 is 0 Å². The number of piperidine rings is 1. The second-order valence-electron chi connectivity index (χ2n) is 8.03. The van der Waals surface area contributed by atoms with E-state index >= 15 is 0 Å². The van der Waals surface area contributed by atoms with Gasteiger partial charge in [0.1, 0.15) is 11.6 Å². The molecular weight excluding hydrogens is 409 g/mol. The number of amides is 2. The summed E-state index contributed by atoms with van der Waals surface area (Å²) < 4.78 is 15.0. The molecule has 8 heteroatoms. The predicted octanol–water partition coefficient (Wildman–Crippen LogP) is 3.77. The van der Waals surface area contributed by atoms with Crippen molar-refractivity contribution in [1.82, 2.24) is 19.4 Å². The fourth-order valence-corrected chi connectivity index (χ4v) is 3.98. The molecule has 1 aliphatic heterocycles. The van der Waals surface area contributed by atoms with Crippen LogP contribution in [0.25, 0.3) is 0 Å². The first-order valence-electron chi connectivity index (χ1n) is 10.8. The quantitative estimate of drug-likeness (QED) is 0.639. The number of nitrogens with one attached hydrogen (secondary N) is 1. The molecule has 3 aromatic rings. The van der Waals surface area contributed by atoms with Gasteiger partial charge in [0.15, 0.2) is 0 Å². The zero-order valence-electron chi connectivity index (χ0n) is 18.0. The molecule has 0 unspecified atom stereocenters. The molecule has 0 saturated carbocycles. The number of nitrogens with zero attached hydrogens (tertiary/aromatic N) is 4. The molecule has 0 bridgehead atoms. The molecule has 1 saturated heterocycles. The Morgan fingerprint density at radius 2 is 1.97 bits per heavy atom. The molecular formula is C24H26FN5O2. The first kappa shape index (κ1) is 21.7. The van der Waals surface area contributed by atoms with Gasteiger partial charge in [0.2, 0.25) is 5.91 Å². The largest absolute Gasteiger partial charge is 0.342 e. The van der Waals surface area contributed by atoms with Gasteiger partial charge in [0.25, 0.3) is 5.91 Å². The van der Waals surface area contributed by atoms with Crippen molar-refractivity contribution >= 4 is 17.5 Å². The SMILES string of the molecule is Cc1nccn1CCC(=O)N1CCC[C@@H](c2ccc(C(=O)Nc3ccc(F)cc3)cn2)C1. The zero-order valence-corrected chi connectivity index (χ0v) is 18.0. The molecule has 1 aliphatic rings.